The number of aliphatic hydroxyl groups excluding tert-OH is 1. The molecule has 2 aliphatic carbocycles. The number of rotatable bonds is 8. The van der Waals surface area contributed by atoms with E-state index in [2.05, 4.69) is 62.5 Å². The van der Waals surface area contributed by atoms with Crippen LogP contribution in [0.15, 0.2) is 16.5 Å². The van der Waals surface area contributed by atoms with E-state index in [0.717, 1.165) is 40.1 Å². The lowest BCUT2D eigenvalue weighted by atomic mass is 9.53. The average Bonchev–Trinajstić information content (AvgIpc) is 3.16. The number of furan rings is 1. The first-order valence-electron chi connectivity index (χ1n) is 11.3. The summed E-state index contributed by atoms with van der Waals surface area (Å²) < 4.78 is 6.61. The lowest BCUT2D eigenvalue weighted by Crippen LogP contribution is -2.58. The highest BCUT2D eigenvalue weighted by Crippen LogP contribution is 2.65. The Morgan fingerprint density at radius 3 is 2.50 bits per heavy atom. The van der Waals surface area contributed by atoms with E-state index in [1.54, 1.807) is 0 Å². The van der Waals surface area contributed by atoms with Crippen molar-refractivity contribution in [1.82, 2.24) is 5.32 Å². The van der Waals surface area contributed by atoms with E-state index in [9.17, 15) is 5.11 Å². The van der Waals surface area contributed by atoms with Crippen molar-refractivity contribution < 1.29 is 9.52 Å². The van der Waals surface area contributed by atoms with Crippen LogP contribution in [0.25, 0.3) is 0 Å². The van der Waals surface area contributed by atoms with Gasteiger partial charge in [0.1, 0.15) is 5.76 Å². The molecule has 0 amide bonds. The maximum atomic E-state index is 11.4. The zero-order valence-electron chi connectivity index (χ0n) is 18.4. The molecule has 3 rings (SSSR count). The normalized spacial score (nSPS) is 36.6. The largest absolute Gasteiger partial charge is 0.454 e. The SMILES string of the molecule is CC(C)CCC[C@@H](C)[C@H]1CC[C@@]2(C)[C@@H](O)[C@@H](NCc3ccc(I)o3)CC[C@]12C. The van der Waals surface area contributed by atoms with Gasteiger partial charge in [-0.1, -0.05) is 53.9 Å². The maximum absolute atomic E-state index is 11.4. The molecule has 2 aliphatic rings. The molecule has 0 radical (unpaired) electrons. The molecule has 0 bridgehead atoms. The summed E-state index contributed by atoms with van der Waals surface area (Å²) in [6, 6.07) is 4.19. The van der Waals surface area contributed by atoms with Crippen LogP contribution in [-0.4, -0.2) is 17.3 Å². The molecule has 6 atom stereocenters. The number of aliphatic hydroxyl groups is 1. The topological polar surface area (TPSA) is 45.4 Å². The second-order valence-electron chi connectivity index (χ2n) is 10.5. The molecule has 1 aromatic rings. The van der Waals surface area contributed by atoms with E-state index in [4.69, 9.17) is 4.42 Å². The highest BCUT2D eigenvalue weighted by atomic mass is 127. The predicted molar refractivity (Wildman–Crippen MR) is 124 cm³/mol. The monoisotopic (exact) mass is 501 g/mol. The fraction of sp³-hybridized carbons (Fsp3) is 0.833. The Hall–Kier alpha value is -0.0700. The zero-order valence-corrected chi connectivity index (χ0v) is 20.6. The third-order valence-corrected chi connectivity index (χ3v) is 8.98. The maximum Gasteiger partial charge on any atom is 0.164 e. The van der Waals surface area contributed by atoms with Crippen molar-refractivity contribution in [2.75, 3.05) is 0 Å². The van der Waals surface area contributed by atoms with Crippen LogP contribution in [0, 0.1) is 32.4 Å². The first kappa shape index (κ1) is 22.6. The van der Waals surface area contributed by atoms with Gasteiger partial charge in [-0.15, -0.1) is 0 Å². The summed E-state index contributed by atoms with van der Waals surface area (Å²) in [5.74, 6) is 3.26. The van der Waals surface area contributed by atoms with E-state index in [1.165, 1.54) is 32.1 Å². The van der Waals surface area contributed by atoms with E-state index in [1.807, 2.05) is 12.1 Å². The molecule has 2 saturated carbocycles. The number of nitrogens with one attached hydrogen (secondary N) is 1. The lowest BCUT2D eigenvalue weighted by molar-refractivity contribution is -0.113. The fourth-order valence-electron chi connectivity index (χ4n) is 6.35. The molecular formula is C24H40INO2. The molecule has 160 valence electrons. The second-order valence-corrected chi connectivity index (χ2v) is 11.5. The predicted octanol–water partition coefficient (Wildman–Crippen LogP) is 6.38. The van der Waals surface area contributed by atoms with E-state index in [0.29, 0.717) is 6.54 Å². The van der Waals surface area contributed by atoms with Crippen molar-refractivity contribution in [3.8, 4) is 0 Å². The standard InChI is InChI=1S/C24H40INO2/c1-16(2)7-6-8-17(3)19-11-13-24(5)22(27)20(12-14-23(19,24)4)26-15-18-9-10-21(25)28-18/h9-10,16-17,19-20,22,26-27H,6-8,11-15H2,1-5H3/t17-,19-,20+,22+,23-,24+/m1/s1. The Kier molecular flexibility index (Phi) is 7.24. The van der Waals surface area contributed by atoms with Gasteiger partial charge in [0.25, 0.3) is 0 Å². The van der Waals surface area contributed by atoms with Crippen LogP contribution < -0.4 is 5.32 Å². The van der Waals surface area contributed by atoms with Gasteiger partial charge in [0.05, 0.1) is 12.6 Å². The van der Waals surface area contributed by atoms with Crippen LogP contribution in [0.5, 0.6) is 0 Å². The van der Waals surface area contributed by atoms with Gasteiger partial charge in [-0.2, -0.15) is 0 Å². The van der Waals surface area contributed by atoms with Gasteiger partial charge in [0, 0.05) is 11.5 Å². The summed E-state index contributed by atoms with van der Waals surface area (Å²) in [6.07, 6.45) is 8.43. The second kappa shape index (κ2) is 8.97. The van der Waals surface area contributed by atoms with Crippen LogP contribution in [-0.2, 0) is 6.54 Å². The molecule has 2 N–H and O–H groups in total. The summed E-state index contributed by atoms with van der Waals surface area (Å²) in [7, 11) is 0. The first-order chi connectivity index (χ1) is 13.2. The van der Waals surface area contributed by atoms with Crippen LogP contribution in [0.2, 0.25) is 0 Å². The summed E-state index contributed by atoms with van der Waals surface area (Å²) >= 11 is 2.20. The van der Waals surface area contributed by atoms with Gasteiger partial charge in [0.15, 0.2) is 3.77 Å². The molecule has 1 heterocycles. The molecule has 2 fully saturated rings. The summed E-state index contributed by atoms with van der Waals surface area (Å²) in [5.41, 5.74) is 0.263. The number of halogens is 1. The van der Waals surface area contributed by atoms with E-state index >= 15 is 0 Å². The Balaban J connectivity index is 1.63. The average molecular weight is 501 g/mol. The van der Waals surface area contributed by atoms with E-state index < -0.39 is 0 Å². The highest BCUT2D eigenvalue weighted by Gasteiger charge is 2.61. The van der Waals surface area contributed by atoms with Crippen molar-refractivity contribution in [3.05, 3.63) is 21.7 Å². The van der Waals surface area contributed by atoms with Crippen molar-refractivity contribution in [2.24, 2.45) is 28.6 Å². The molecule has 0 saturated heterocycles. The Morgan fingerprint density at radius 2 is 1.86 bits per heavy atom. The Bertz CT molecular complexity index is 644. The van der Waals surface area contributed by atoms with Crippen LogP contribution in [0.1, 0.15) is 85.3 Å². The van der Waals surface area contributed by atoms with Gasteiger partial charge < -0.3 is 14.8 Å². The van der Waals surface area contributed by atoms with Gasteiger partial charge in [-0.3, -0.25) is 0 Å². The molecule has 0 aromatic carbocycles. The van der Waals surface area contributed by atoms with Crippen molar-refractivity contribution in [3.63, 3.8) is 0 Å². The molecule has 0 spiro atoms. The van der Waals surface area contributed by atoms with Crippen LogP contribution >= 0.6 is 22.6 Å². The minimum Gasteiger partial charge on any atom is -0.454 e. The van der Waals surface area contributed by atoms with Gasteiger partial charge in [-0.05, 0) is 83.6 Å². The number of hydrogen-bond acceptors (Lipinski definition) is 3. The fourth-order valence-corrected chi connectivity index (χ4v) is 6.81. The zero-order chi connectivity index (χ0) is 20.5. The van der Waals surface area contributed by atoms with Crippen molar-refractivity contribution in [1.29, 1.82) is 0 Å². The molecular weight excluding hydrogens is 461 g/mol. The number of hydrogen-bond donors (Lipinski definition) is 2. The molecule has 4 heteroatoms. The van der Waals surface area contributed by atoms with Crippen molar-refractivity contribution >= 4 is 22.6 Å². The van der Waals surface area contributed by atoms with Crippen molar-refractivity contribution in [2.45, 2.75) is 98.3 Å². The van der Waals surface area contributed by atoms with Gasteiger partial charge in [0.2, 0.25) is 0 Å². The Labute approximate surface area is 185 Å². The molecule has 1 aromatic heterocycles. The van der Waals surface area contributed by atoms with E-state index in [-0.39, 0.29) is 23.0 Å². The smallest absolute Gasteiger partial charge is 0.164 e. The first-order valence-corrected chi connectivity index (χ1v) is 12.4. The summed E-state index contributed by atoms with van der Waals surface area (Å²) in [5, 5.41) is 15.0. The minimum absolute atomic E-state index is 0.0114. The number of fused-ring (bicyclic) bond motifs is 1. The molecule has 3 nitrogen and oxygen atoms in total. The minimum atomic E-state index is -0.284. The third-order valence-electron chi connectivity index (χ3n) is 8.40. The van der Waals surface area contributed by atoms with Crippen LogP contribution in [0.4, 0.5) is 0 Å². The van der Waals surface area contributed by atoms with Gasteiger partial charge >= 0.3 is 0 Å². The molecule has 0 aliphatic heterocycles. The Morgan fingerprint density at radius 1 is 1.14 bits per heavy atom. The quantitative estimate of drug-likeness (QED) is 0.406. The molecule has 0 unspecified atom stereocenters. The molecule has 28 heavy (non-hydrogen) atoms. The van der Waals surface area contributed by atoms with Gasteiger partial charge in [-0.25, -0.2) is 0 Å². The lowest BCUT2D eigenvalue weighted by Gasteiger charge is -2.55. The van der Waals surface area contributed by atoms with Crippen LogP contribution in [0.3, 0.4) is 0 Å². The third kappa shape index (κ3) is 4.34. The summed E-state index contributed by atoms with van der Waals surface area (Å²) in [4.78, 5) is 0. The summed E-state index contributed by atoms with van der Waals surface area (Å²) in [6.45, 7) is 12.7. The highest BCUT2D eigenvalue weighted by molar-refractivity contribution is 14.1.